The zero-order chi connectivity index (χ0) is 17.5. The highest BCUT2D eigenvalue weighted by Crippen LogP contribution is 2.20. The van der Waals surface area contributed by atoms with E-state index < -0.39 is 0 Å². The van der Waals surface area contributed by atoms with Crippen LogP contribution in [0.4, 0.5) is 5.69 Å². The van der Waals surface area contributed by atoms with Gasteiger partial charge < -0.3 is 10.1 Å². The Hall–Kier alpha value is -1.88. The van der Waals surface area contributed by atoms with Gasteiger partial charge in [0, 0.05) is 19.7 Å². The Labute approximate surface area is 153 Å². The average molecular weight is 359 g/mol. The number of para-hydroxylation sites is 1. The third kappa shape index (κ3) is 5.56. The summed E-state index contributed by atoms with van der Waals surface area (Å²) in [6.45, 7) is 2.75. The maximum absolute atomic E-state index is 12.0. The number of likely N-dealkylation sites (tertiary alicyclic amines) is 1. The first-order valence-electron chi connectivity index (χ1n) is 8.63. The molecule has 0 aliphatic carbocycles. The zero-order valence-corrected chi connectivity index (χ0v) is 14.9. The van der Waals surface area contributed by atoms with Crippen LogP contribution >= 0.6 is 11.6 Å². The molecule has 132 valence electrons. The molecule has 0 aromatic heterocycles. The highest BCUT2D eigenvalue weighted by Gasteiger charge is 2.28. The van der Waals surface area contributed by atoms with Crippen molar-refractivity contribution in [2.75, 3.05) is 31.6 Å². The standard InChI is InChI=1S/C20H23ClN2O2/c21-18-10-4-5-11-19(18)22-20(24)15-23-13-17(14-23)25-12-6-9-16-7-2-1-3-8-16/h1-5,7-8,10-11,17H,6,9,12-15H2,(H,22,24). The molecule has 2 aromatic rings. The maximum atomic E-state index is 12.0. The van der Waals surface area contributed by atoms with E-state index in [2.05, 4.69) is 34.5 Å². The van der Waals surface area contributed by atoms with E-state index in [9.17, 15) is 4.79 Å². The van der Waals surface area contributed by atoms with E-state index >= 15 is 0 Å². The lowest BCUT2D eigenvalue weighted by molar-refractivity contribution is -0.121. The van der Waals surface area contributed by atoms with E-state index in [1.807, 2.05) is 18.2 Å². The Balaban J connectivity index is 1.28. The minimum absolute atomic E-state index is 0.0457. The number of rotatable bonds is 8. The van der Waals surface area contributed by atoms with E-state index in [1.54, 1.807) is 12.1 Å². The molecule has 1 fully saturated rings. The Morgan fingerprint density at radius 2 is 1.84 bits per heavy atom. The summed E-state index contributed by atoms with van der Waals surface area (Å²) in [5.41, 5.74) is 2.00. The molecule has 1 amide bonds. The fraction of sp³-hybridized carbons (Fsp3) is 0.350. The zero-order valence-electron chi connectivity index (χ0n) is 14.2. The summed E-state index contributed by atoms with van der Waals surface area (Å²) in [6, 6.07) is 17.7. The largest absolute Gasteiger partial charge is 0.376 e. The highest BCUT2D eigenvalue weighted by molar-refractivity contribution is 6.33. The molecule has 1 heterocycles. The third-order valence-corrected chi connectivity index (χ3v) is 4.57. The Bertz CT molecular complexity index is 687. The van der Waals surface area contributed by atoms with Gasteiger partial charge in [-0.05, 0) is 30.5 Å². The number of benzene rings is 2. The lowest BCUT2D eigenvalue weighted by Crippen LogP contribution is -2.54. The normalized spacial score (nSPS) is 14.9. The second-order valence-corrected chi connectivity index (χ2v) is 6.71. The van der Waals surface area contributed by atoms with Gasteiger partial charge in [0.05, 0.1) is 23.4 Å². The summed E-state index contributed by atoms with van der Waals surface area (Å²) >= 11 is 6.04. The molecule has 0 spiro atoms. The maximum Gasteiger partial charge on any atom is 0.238 e. The molecule has 1 aliphatic heterocycles. The molecular formula is C20H23ClN2O2. The van der Waals surface area contributed by atoms with E-state index in [1.165, 1.54) is 5.56 Å². The first-order valence-corrected chi connectivity index (χ1v) is 9.01. The minimum atomic E-state index is -0.0457. The van der Waals surface area contributed by atoms with Crippen LogP contribution in [-0.4, -0.2) is 43.2 Å². The van der Waals surface area contributed by atoms with Crippen molar-refractivity contribution < 1.29 is 9.53 Å². The second kappa shape index (κ2) is 8.99. The van der Waals surface area contributed by atoms with Crippen molar-refractivity contribution in [3.63, 3.8) is 0 Å². The molecule has 4 nitrogen and oxygen atoms in total. The van der Waals surface area contributed by atoms with Gasteiger partial charge in [0.25, 0.3) is 0 Å². The van der Waals surface area contributed by atoms with Gasteiger partial charge in [0.15, 0.2) is 0 Å². The fourth-order valence-electron chi connectivity index (χ4n) is 2.88. The van der Waals surface area contributed by atoms with Crippen molar-refractivity contribution in [3.8, 4) is 0 Å². The first kappa shape index (κ1) is 17.9. The van der Waals surface area contributed by atoms with Crippen LogP contribution in [0, 0.1) is 0 Å². The molecule has 2 aromatic carbocycles. The molecule has 0 atom stereocenters. The first-order chi connectivity index (χ1) is 12.2. The van der Waals surface area contributed by atoms with Crippen LogP contribution < -0.4 is 5.32 Å². The lowest BCUT2D eigenvalue weighted by atomic mass is 10.1. The van der Waals surface area contributed by atoms with Gasteiger partial charge in [-0.25, -0.2) is 0 Å². The number of anilines is 1. The summed E-state index contributed by atoms with van der Waals surface area (Å²) in [4.78, 5) is 14.1. The van der Waals surface area contributed by atoms with Crippen molar-refractivity contribution in [2.45, 2.75) is 18.9 Å². The molecule has 1 aliphatic rings. The van der Waals surface area contributed by atoms with Crippen LogP contribution in [0.5, 0.6) is 0 Å². The quantitative estimate of drug-likeness (QED) is 0.733. The lowest BCUT2D eigenvalue weighted by Gasteiger charge is -2.38. The molecule has 25 heavy (non-hydrogen) atoms. The van der Waals surface area contributed by atoms with Gasteiger partial charge in [0.1, 0.15) is 0 Å². The van der Waals surface area contributed by atoms with E-state index in [-0.39, 0.29) is 12.0 Å². The molecule has 1 saturated heterocycles. The van der Waals surface area contributed by atoms with E-state index in [0.29, 0.717) is 17.3 Å². The smallest absolute Gasteiger partial charge is 0.238 e. The van der Waals surface area contributed by atoms with Crippen LogP contribution in [-0.2, 0) is 16.0 Å². The van der Waals surface area contributed by atoms with Gasteiger partial charge in [0.2, 0.25) is 5.91 Å². The van der Waals surface area contributed by atoms with E-state index in [4.69, 9.17) is 16.3 Å². The van der Waals surface area contributed by atoms with Crippen molar-refractivity contribution in [2.24, 2.45) is 0 Å². The van der Waals surface area contributed by atoms with Crippen LogP contribution in [0.1, 0.15) is 12.0 Å². The molecule has 3 rings (SSSR count). The number of nitrogens with zero attached hydrogens (tertiary/aromatic N) is 1. The monoisotopic (exact) mass is 358 g/mol. The van der Waals surface area contributed by atoms with Crippen LogP contribution in [0.2, 0.25) is 5.02 Å². The van der Waals surface area contributed by atoms with Gasteiger partial charge >= 0.3 is 0 Å². The average Bonchev–Trinajstić information content (AvgIpc) is 2.59. The summed E-state index contributed by atoms with van der Waals surface area (Å²) in [5, 5.41) is 3.40. The van der Waals surface area contributed by atoms with Gasteiger partial charge in [-0.2, -0.15) is 0 Å². The number of amides is 1. The summed E-state index contributed by atoms with van der Waals surface area (Å²) in [7, 11) is 0. The molecule has 0 saturated carbocycles. The number of carbonyl (C=O) groups is 1. The van der Waals surface area contributed by atoms with Crippen LogP contribution in [0.25, 0.3) is 0 Å². The predicted octanol–water partition coefficient (Wildman–Crippen LogP) is 3.61. The van der Waals surface area contributed by atoms with Crippen molar-refractivity contribution in [3.05, 3.63) is 65.2 Å². The summed E-state index contributed by atoms with van der Waals surface area (Å²) < 4.78 is 5.85. The number of aryl methyl sites for hydroxylation is 1. The van der Waals surface area contributed by atoms with Gasteiger partial charge in [-0.1, -0.05) is 54.1 Å². The van der Waals surface area contributed by atoms with Crippen LogP contribution in [0.15, 0.2) is 54.6 Å². The Kier molecular flexibility index (Phi) is 6.45. The van der Waals surface area contributed by atoms with Crippen molar-refractivity contribution in [1.29, 1.82) is 0 Å². The van der Waals surface area contributed by atoms with Crippen LogP contribution in [0.3, 0.4) is 0 Å². The molecule has 1 N–H and O–H groups in total. The minimum Gasteiger partial charge on any atom is -0.376 e. The SMILES string of the molecule is O=C(CN1CC(OCCCc2ccccc2)C1)Nc1ccccc1Cl. The number of hydrogen-bond acceptors (Lipinski definition) is 3. The second-order valence-electron chi connectivity index (χ2n) is 6.30. The predicted molar refractivity (Wildman–Crippen MR) is 101 cm³/mol. The van der Waals surface area contributed by atoms with Gasteiger partial charge in [-0.3, -0.25) is 9.69 Å². The molecule has 0 radical (unpaired) electrons. The number of carbonyl (C=O) groups excluding carboxylic acids is 1. The number of halogens is 1. The Morgan fingerprint density at radius 3 is 2.60 bits per heavy atom. The molecule has 0 bridgehead atoms. The molecule has 5 heteroatoms. The summed E-state index contributed by atoms with van der Waals surface area (Å²) in [6.07, 6.45) is 2.30. The van der Waals surface area contributed by atoms with E-state index in [0.717, 1.165) is 32.5 Å². The summed E-state index contributed by atoms with van der Waals surface area (Å²) in [5.74, 6) is -0.0457. The van der Waals surface area contributed by atoms with Crippen molar-refractivity contribution in [1.82, 2.24) is 4.90 Å². The topological polar surface area (TPSA) is 41.6 Å². The highest BCUT2D eigenvalue weighted by atomic mass is 35.5. The molecular weight excluding hydrogens is 336 g/mol. The fourth-order valence-corrected chi connectivity index (χ4v) is 3.07. The van der Waals surface area contributed by atoms with Crippen molar-refractivity contribution >= 4 is 23.2 Å². The number of ether oxygens (including phenoxy) is 1. The number of nitrogens with one attached hydrogen (secondary N) is 1. The molecule has 0 unspecified atom stereocenters. The third-order valence-electron chi connectivity index (χ3n) is 4.24. The van der Waals surface area contributed by atoms with Gasteiger partial charge in [-0.15, -0.1) is 0 Å². The Morgan fingerprint density at radius 1 is 1.12 bits per heavy atom. The number of hydrogen-bond donors (Lipinski definition) is 1.